The molecular weight excluding hydrogens is 678 g/mol. The summed E-state index contributed by atoms with van der Waals surface area (Å²) in [6.45, 7) is 11.1. The van der Waals surface area contributed by atoms with Gasteiger partial charge in [0.15, 0.2) is 5.60 Å². The van der Waals surface area contributed by atoms with Crippen molar-refractivity contribution in [3.8, 4) is 0 Å². The summed E-state index contributed by atoms with van der Waals surface area (Å²) in [6.07, 6.45) is 3.59. The molecule has 51 heavy (non-hydrogen) atoms. The number of ether oxygens (including phenoxy) is 1. The van der Waals surface area contributed by atoms with Crippen molar-refractivity contribution in [1.82, 2.24) is 20.3 Å². The van der Waals surface area contributed by atoms with Gasteiger partial charge in [0.1, 0.15) is 23.3 Å². The zero-order valence-electron chi connectivity index (χ0n) is 30.5. The first-order chi connectivity index (χ1) is 24.2. The molecule has 0 bridgehead atoms. The summed E-state index contributed by atoms with van der Waals surface area (Å²) in [5, 5.41) is 8.93. The topological polar surface area (TPSA) is 190 Å². The first-order valence-corrected chi connectivity index (χ1v) is 19.8. The number of carbonyl (C=O) groups is 5. The summed E-state index contributed by atoms with van der Waals surface area (Å²) in [5.74, 6) is -2.72. The summed E-state index contributed by atoms with van der Waals surface area (Å²) in [5.41, 5.74) is -2.13. The number of nitrogens with zero attached hydrogens (tertiary/aromatic N) is 2. The van der Waals surface area contributed by atoms with Crippen molar-refractivity contribution in [2.24, 2.45) is 11.1 Å². The molecule has 3 fully saturated rings. The molecule has 5 unspecified atom stereocenters. The fraction of sp³-hybridized carbons (Fsp3) is 0.667. The predicted molar refractivity (Wildman–Crippen MR) is 190 cm³/mol. The Bertz CT molecular complexity index is 1600. The van der Waals surface area contributed by atoms with Crippen LogP contribution in [0.1, 0.15) is 116 Å². The van der Waals surface area contributed by atoms with Gasteiger partial charge in [0.05, 0.1) is 17.9 Å². The van der Waals surface area contributed by atoms with Gasteiger partial charge in [-0.1, -0.05) is 88.9 Å². The van der Waals surface area contributed by atoms with E-state index in [2.05, 4.69) is 27.4 Å². The molecule has 1 saturated heterocycles. The number of alkyl carbamates (subject to hydrolysis) is 1. The van der Waals surface area contributed by atoms with E-state index in [1.54, 1.807) is 51.1 Å². The molecule has 1 aromatic rings. The molecule has 2 heterocycles. The second kappa shape index (κ2) is 16.6. The molecule has 15 heteroatoms. The molecule has 2 aliphatic heterocycles. The Morgan fingerprint density at radius 3 is 2.29 bits per heavy atom. The van der Waals surface area contributed by atoms with Crippen molar-refractivity contribution in [3.63, 3.8) is 0 Å². The van der Waals surface area contributed by atoms with Gasteiger partial charge in [0.2, 0.25) is 27.6 Å². The number of oxime groups is 1. The molecule has 1 aromatic carbocycles. The number of rotatable bonds is 15. The van der Waals surface area contributed by atoms with Crippen LogP contribution in [0, 0.1) is 5.92 Å². The molecular formula is C36H53N5O9S. The summed E-state index contributed by atoms with van der Waals surface area (Å²) < 4.78 is 32.6. The molecule has 1 spiro atoms. The van der Waals surface area contributed by atoms with Crippen LogP contribution in [-0.2, 0) is 34.0 Å². The van der Waals surface area contributed by atoms with Crippen molar-refractivity contribution in [2.75, 3.05) is 6.54 Å². The lowest BCUT2D eigenvalue weighted by molar-refractivity contribution is -0.141. The van der Waals surface area contributed by atoms with Gasteiger partial charge >= 0.3 is 6.09 Å². The highest BCUT2D eigenvalue weighted by Crippen LogP contribution is 2.45. The maximum atomic E-state index is 14.3. The standard InChI is InChI=1S/C34H47N5O9S.C2H6/c1-5-6-7-11-14-25(35-32(44)47-21(2)3)30(42)39-20-33(18-26(37-48-33)28(40)23-12-9-8-10-13-23)19-27(39)29(41)36-34(17-22(34)4)31(43)38-49(45,46)24-15-16-24;1-2/h8-10,12-13,21-22,24-25,27H,5-7,11,14-20H2,1-4H3,(H,35,44)(H,36,41)(H,38,43);1-2H3. The maximum absolute atomic E-state index is 14.3. The Morgan fingerprint density at radius 2 is 1.71 bits per heavy atom. The predicted octanol–water partition coefficient (Wildman–Crippen LogP) is 3.99. The molecule has 5 rings (SSSR count). The van der Waals surface area contributed by atoms with Gasteiger partial charge in [-0.15, -0.1) is 0 Å². The Balaban J connectivity index is 0.00000286. The Hall–Kier alpha value is -4.01. The van der Waals surface area contributed by atoms with Crippen LogP contribution < -0.4 is 15.4 Å². The fourth-order valence-electron chi connectivity index (χ4n) is 6.59. The molecule has 2 saturated carbocycles. The van der Waals surface area contributed by atoms with Crippen molar-refractivity contribution in [2.45, 2.75) is 140 Å². The number of benzene rings is 1. The van der Waals surface area contributed by atoms with Crippen LogP contribution in [0.25, 0.3) is 0 Å². The summed E-state index contributed by atoms with van der Waals surface area (Å²) >= 11 is 0. The summed E-state index contributed by atoms with van der Waals surface area (Å²) in [6, 6.07) is 6.37. The smallest absolute Gasteiger partial charge is 0.408 e. The molecule has 282 valence electrons. The largest absolute Gasteiger partial charge is 0.447 e. The lowest BCUT2D eigenvalue weighted by Crippen LogP contribution is -2.58. The van der Waals surface area contributed by atoms with E-state index in [9.17, 15) is 32.4 Å². The van der Waals surface area contributed by atoms with E-state index < -0.39 is 68.4 Å². The zero-order valence-corrected chi connectivity index (χ0v) is 31.3. The second-order valence-electron chi connectivity index (χ2n) is 14.1. The highest BCUT2D eigenvalue weighted by atomic mass is 32.2. The van der Waals surface area contributed by atoms with Crippen LogP contribution in [0.2, 0.25) is 0 Å². The first kappa shape index (κ1) is 39.8. The van der Waals surface area contributed by atoms with E-state index in [0.717, 1.165) is 19.3 Å². The SMILES string of the molecule is CC.CCCCCCC(NC(=O)OC(C)C)C(=O)N1CC2(CC(C(=O)c3ccccc3)=NO2)CC1C(=O)NC1(C(=O)NS(=O)(=O)C2CC2)CC1C. The van der Waals surface area contributed by atoms with Gasteiger partial charge in [-0.05, 0) is 45.4 Å². The van der Waals surface area contributed by atoms with Crippen molar-refractivity contribution in [1.29, 1.82) is 0 Å². The highest BCUT2D eigenvalue weighted by molar-refractivity contribution is 7.91. The molecule has 4 aliphatic rings. The van der Waals surface area contributed by atoms with Crippen LogP contribution >= 0.6 is 0 Å². The lowest BCUT2D eigenvalue weighted by Gasteiger charge is -2.30. The minimum Gasteiger partial charge on any atom is -0.447 e. The van der Waals surface area contributed by atoms with Crippen molar-refractivity contribution >= 4 is 45.3 Å². The van der Waals surface area contributed by atoms with Gasteiger partial charge in [-0.2, -0.15) is 0 Å². The monoisotopic (exact) mass is 731 g/mol. The number of unbranched alkanes of at least 4 members (excludes halogenated alkanes) is 3. The molecule has 5 atom stereocenters. The number of hydrogen-bond acceptors (Lipinski definition) is 10. The number of Topliss-reactive ketones (excluding diaryl/α,β-unsaturated/α-hetero) is 1. The number of hydrogen-bond donors (Lipinski definition) is 3. The number of amides is 4. The second-order valence-corrected chi connectivity index (χ2v) is 16.1. The third-order valence-electron chi connectivity index (χ3n) is 9.66. The van der Waals surface area contributed by atoms with Crippen LogP contribution in [0.3, 0.4) is 0 Å². The van der Waals surface area contributed by atoms with Crippen LogP contribution in [0.5, 0.6) is 0 Å². The number of carbonyl (C=O) groups excluding carboxylic acids is 5. The van der Waals surface area contributed by atoms with E-state index >= 15 is 0 Å². The van der Waals surface area contributed by atoms with E-state index in [4.69, 9.17) is 9.57 Å². The van der Waals surface area contributed by atoms with Crippen LogP contribution in [-0.4, -0.2) is 89.7 Å². The third-order valence-corrected chi connectivity index (χ3v) is 11.5. The summed E-state index contributed by atoms with van der Waals surface area (Å²) in [4.78, 5) is 74.9. The molecule has 2 aliphatic carbocycles. The maximum Gasteiger partial charge on any atom is 0.408 e. The molecule has 4 amide bonds. The van der Waals surface area contributed by atoms with Crippen LogP contribution in [0.15, 0.2) is 35.5 Å². The van der Waals surface area contributed by atoms with E-state index in [-0.39, 0.29) is 43.2 Å². The minimum absolute atomic E-state index is 0.0277. The quantitative estimate of drug-likeness (QED) is 0.177. The van der Waals surface area contributed by atoms with Gasteiger partial charge in [0.25, 0.3) is 5.91 Å². The molecule has 14 nitrogen and oxygen atoms in total. The summed E-state index contributed by atoms with van der Waals surface area (Å²) in [7, 11) is -3.87. The molecule has 3 N–H and O–H groups in total. The zero-order chi connectivity index (χ0) is 37.6. The van der Waals surface area contributed by atoms with Crippen molar-refractivity contribution in [3.05, 3.63) is 35.9 Å². The van der Waals surface area contributed by atoms with Crippen LogP contribution in [0.4, 0.5) is 4.79 Å². The number of ketones is 1. The van der Waals surface area contributed by atoms with E-state index in [1.165, 1.54) is 4.90 Å². The minimum atomic E-state index is -3.87. The Labute approximate surface area is 300 Å². The van der Waals surface area contributed by atoms with Crippen molar-refractivity contribution < 1.29 is 42.0 Å². The fourth-order valence-corrected chi connectivity index (χ4v) is 7.95. The number of likely N-dealkylation sites (tertiary alicyclic amines) is 1. The van der Waals surface area contributed by atoms with E-state index in [1.807, 2.05) is 13.8 Å². The van der Waals surface area contributed by atoms with E-state index in [0.29, 0.717) is 31.2 Å². The van der Waals surface area contributed by atoms with Gasteiger partial charge < -0.3 is 25.1 Å². The first-order valence-electron chi connectivity index (χ1n) is 18.2. The van der Waals surface area contributed by atoms with Gasteiger partial charge in [-0.3, -0.25) is 23.9 Å². The Kier molecular flexibility index (Phi) is 12.9. The third kappa shape index (κ3) is 9.46. The molecule has 0 radical (unpaired) electrons. The highest BCUT2D eigenvalue weighted by Gasteiger charge is 2.62. The number of sulfonamides is 1. The normalized spacial score (nSPS) is 25.5. The van der Waals surface area contributed by atoms with Gasteiger partial charge in [-0.25, -0.2) is 13.2 Å². The number of nitrogens with one attached hydrogen (secondary N) is 3. The average molecular weight is 732 g/mol. The molecule has 0 aromatic heterocycles. The average Bonchev–Trinajstić information content (AvgIpc) is 3.99. The lowest BCUT2D eigenvalue weighted by atomic mass is 9.91. The van der Waals surface area contributed by atoms with Gasteiger partial charge in [0, 0.05) is 18.4 Å². The Morgan fingerprint density at radius 1 is 1.04 bits per heavy atom.